The smallest absolute Gasteiger partial charge is 0.202 e. The molecule has 4 rings (SSSR count). The van der Waals surface area contributed by atoms with E-state index in [1.165, 1.54) is 16.0 Å². The van der Waals surface area contributed by atoms with Crippen molar-refractivity contribution in [2.45, 2.75) is 19.3 Å². The van der Waals surface area contributed by atoms with E-state index in [0.717, 1.165) is 37.6 Å². The third kappa shape index (κ3) is 4.56. The van der Waals surface area contributed by atoms with Crippen LogP contribution in [0.15, 0.2) is 79.6 Å². The fourth-order valence-electron chi connectivity index (χ4n) is 4.28. The van der Waals surface area contributed by atoms with Gasteiger partial charge in [0.15, 0.2) is 6.67 Å². The number of quaternary nitrogens is 2. The summed E-state index contributed by atoms with van der Waals surface area (Å²) in [6, 6.07) is 22.2. The highest BCUT2D eigenvalue weighted by Gasteiger charge is 2.31. The van der Waals surface area contributed by atoms with Gasteiger partial charge >= 0.3 is 0 Å². The largest absolute Gasteiger partial charge is 0.316 e. The monoisotopic (exact) mass is 407 g/mol. The first-order chi connectivity index (χ1) is 14.3. The number of hydrogen-bond acceptors (Lipinski definition) is 2. The molecular formula is C23H29N5S+2. The summed E-state index contributed by atoms with van der Waals surface area (Å²) in [5, 5.41) is 4.48. The minimum absolute atomic E-state index is 0.382. The lowest BCUT2D eigenvalue weighted by Crippen LogP contribution is -3.27. The van der Waals surface area contributed by atoms with Crippen molar-refractivity contribution in [1.82, 2.24) is 14.3 Å². The predicted octanol–water partition coefficient (Wildman–Crippen LogP) is 1.13. The molecule has 0 radical (unpaired) electrons. The fraction of sp³-hybridized carbons (Fsp3) is 0.304. The molecule has 0 bridgehead atoms. The number of nitrogens with one attached hydrogen (secondary N) is 2. The van der Waals surface area contributed by atoms with Crippen molar-refractivity contribution < 1.29 is 9.80 Å². The summed E-state index contributed by atoms with van der Waals surface area (Å²) in [7, 11) is 0. The van der Waals surface area contributed by atoms with Crippen LogP contribution in [0, 0.1) is 4.77 Å². The van der Waals surface area contributed by atoms with Crippen LogP contribution in [0.4, 0.5) is 0 Å². The summed E-state index contributed by atoms with van der Waals surface area (Å²) in [5.74, 6) is 0. The van der Waals surface area contributed by atoms with Crippen molar-refractivity contribution in [2.75, 3.05) is 26.2 Å². The molecule has 1 aromatic heterocycles. The molecule has 3 aromatic rings. The summed E-state index contributed by atoms with van der Waals surface area (Å²) >= 11 is 5.55. The predicted molar refractivity (Wildman–Crippen MR) is 117 cm³/mol. The molecule has 0 atom stereocenters. The van der Waals surface area contributed by atoms with Gasteiger partial charge in [-0.2, -0.15) is 9.78 Å². The molecule has 0 saturated carbocycles. The fourth-order valence-corrected chi connectivity index (χ4v) is 4.52. The van der Waals surface area contributed by atoms with E-state index in [9.17, 15) is 0 Å². The lowest BCUT2D eigenvalue weighted by Gasteiger charge is -2.35. The summed E-state index contributed by atoms with van der Waals surface area (Å²) in [5.41, 5.74) is 2.78. The summed E-state index contributed by atoms with van der Waals surface area (Å²) in [4.78, 5) is 3.17. The highest BCUT2D eigenvalue weighted by Crippen LogP contribution is 2.18. The maximum Gasteiger partial charge on any atom is 0.202 e. The highest BCUT2D eigenvalue weighted by molar-refractivity contribution is 7.71. The molecule has 1 saturated heterocycles. The normalized spacial score (nSPS) is 19.3. The molecule has 0 aliphatic carbocycles. The Balaban J connectivity index is 1.46. The lowest BCUT2D eigenvalue weighted by atomic mass is 9.96. The van der Waals surface area contributed by atoms with Gasteiger partial charge in [0.2, 0.25) is 4.77 Å². The number of hydrogen-bond donors (Lipinski definition) is 2. The number of piperazine rings is 1. The van der Waals surface area contributed by atoms with Crippen molar-refractivity contribution >= 4 is 12.2 Å². The van der Waals surface area contributed by atoms with Gasteiger partial charge < -0.3 is 14.4 Å². The van der Waals surface area contributed by atoms with Crippen LogP contribution < -0.4 is 9.80 Å². The molecule has 150 valence electrons. The Bertz CT molecular complexity index is 932. The van der Waals surface area contributed by atoms with Crippen LogP contribution >= 0.6 is 12.2 Å². The van der Waals surface area contributed by atoms with Gasteiger partial charge in [0.05, 0.1) is 0 Å². The zero-order chi connectivity index (χ0) is 20.1. The van der Waals surface area contributed by atoms with Crippen LogP contribution in [0.5, 0.6) is 0 Å². The SMILES string of the molecule is C=CCn1cnn(C[NH+]2CC[NH+](C(c3ccccc3)c3ccccc3)CC2)c1=S. The summed E-state index contributed by atoms with van der Waals surface area (Å²) < 4.78 is 4.69. The number of allylic oxidation sites excluding steroid dienone is 1. The summed E-state index contributed by atoms with van der Waals surface area (Å²) in [6.45, 7) is 9.81. The molecular weight excluding hydrogens is 378 g/mol. The van der Waals surface area contributed by atoms with Gasteiger partial charge in [-0.1, -0.05) is 66.7 Å². The minimum atomic E-state index is 0.382. The molecule has 1 fully saturated rings. The van der Waals surface area contributed by atoms with E-state index >= 15 is 0 Å². The quantitative estimate of drug-likeness (QED) is 0.455. The number of aromatic nitrogens is 3. The van der Waals surface area contributed by atoms with Crippen molar-refractivity contribution in [3.63, 3.8) is 0 Å². The van der Waals surface area contributed by atoms with Crippen molar-refractivity contribution in [3.8, 4) is 0 Å². The van der Waals surface area contributed by atoms with E-state index < -0.39 is 0 Å². The molecule has 2 heterocycles. The molecule has 0 unspecified atom stereocenters. The topological polar surface area (TPSA) is 31.6 Å². The number of benzene rings is 2. The van der Waals surface area contributed by atoms with Gasteiger partial charge in [-0.05, 0) is 12.2 Å². The van der Waals surface area contributed by atoms with Gasteiger partial charge in [-0.15, -0.1) is 6.58 Å². The van der Waals surface area contributed by atoms with E-state index in [1.54, 1.807) is 4.90 Å². The average Bonchev–Trinajstić information content (AvgIpc) is 3.11. The number of nitrogens with zero attached hydrogens (tertiary/aromatic N) is 3. The first-order valence-corrected chi connectivity index (χ1v) is 10.7. The van der Waals surface area contributed by atoms with Gasteiger partial charge in [0.1, 0.15) is 38.5 Å². The van der Waals surface area contributed by atoms with Crippen LogP contribution in [0.1, 0.15) is 17.2 Å². The third-order valence-electron chi connectivity index (χ3n) is 5.77. The second-order valence-electron chi connectivity index (χ2n) is 7.67. The Labute approximate surface area is 177 Å². The molecule has 2 aromatic carbocycles. The number of rotatable bonds is 7. The van der Waals surface area contributed by atoms with Crippen LogP contribution in [-0.4, -0.2) is 40.5 Å². The van der Waals surface area contributed by atoms with Crippen molar-refractivity contribution in [3.05, 3.63) is 95.5 Å². The van der Waals surface area contributed by atoms with Crippen LogP contribution in [-0.2, 0) is 13.2 Å². The molecule has 1 aliphatic rings. The first kappa shape index (κ1) is 19.8. The van der Waals surface area contributed by atoms with Gasteiger partial charge in [0.25, 0.3) is 0 Å². The molecule has 0 amide bonds. The van der Waals surface area contributed by atoms with Gasteiger partial charge in [0, 0.05) is 17.7 Å². The van der Waals surface area contributed by atoms with Crippen molar-refractivity contribution in [1.29, 1.82) is 0 Å². The van der Waals surface area contributed by atoms with Crippen molar-refractivity contribution in [2.24, 2.45) is 0 Å². The van der Waals surface area contributed by atoms with Crippen LogP contribution in [0.3, 0.4) is 0 Å². The van der Waals surface area contributed by atoms with Crippen LogP contribution in [0.2, 0.25) is 0 Å². The van der Waals surface area contributed by atoms with E-state index in [1.807, 2.05) is 21.7 Å². The second kappa shape index (κ2) is 9.31. The Kier molecular flexibility index (Phi) is 6.34. The Hall–Kier alpha value is -2.54. The zero-order valence-electron chi connectivity index (χ0n) is 16.7. The summed E-state index contributed by atoms with van der Waals surface area (Å²) in [6.07, 6.45) is 3.66. The highest BCUT2D eigenvalue weighted by atomic mass is 32.1. The standard InChI is InChI=1S/C23H27N5S/c1-2-13-27-18-24-28(23(27)29)19-25-14-16-26(17-15-25)22(20-9-5-3-6-10-20)21-11-7-4-8-12-21/h2-12,18,22H,1,13-17,19H2/p+2. The average molecular weight is 408 g/mol. The van der Waals surface area contributed by atoms with E-state index in [4.69, 9.17) is 12.2 Å². The van der Waals surface area contributed by atoms with Gasteiger partial charge in [-0.3, -0.25) is 0 Å². The minimum Gasteiger partial charge on any atom is -0.316 e. The van der Waals surface area contributed by atoms with E-state index in [-0.39, 0.29) is 0 Å². The zero-order valence-corrected chi connectivity index (χ0v) is 17.5. The maximum absolute atomic E-state index is 5.55. The third-order valence-corrected chi connectivity index (χ3v) is 6.21. The molecule has 0 spiro atoms. The van der Waals surface area contributed by atoms with E-state index in [2.05, 4.69) is 72.3 Å². The second-order valence-corrected chi connectivity index (χ2v) is 8.04. The molecule has 29 heavy (non-hydrogen) atoms. The van der Waals surface area contributed by atoms with Gasteiger partial charge in [-0.25, -0.2) is 0 Å². The maximum atomic E-state index is 5.55. The molecule has 2 N–H and O–H groups in total. The Morgan fingerprint density at radius 2 is 1.55 bits per heavy atom. The molecule has 5 nitrogen and oxygen atoms in total. The Morgan fingerprint density at radius 1 is 0.966 bits per heavy atom. The first-order valence-electron chi connectivity index (χ1n) is 10.3. The molecule has 1 aliphatic heterocycles. The lowest BCUT2D eigenvalue weighted by molar-refractivity contribution is -1.03. The molecule has 6 heteroatoms. The van der Waals surface area contributed by atoms with E-state index in [0.29, 0.717) is 12.6 Å². The van der Waals surface area contributed by atoms with Crippen LogP contribution in [0.25, 0.3) is 0 Å². The Morgan fingerprint density at radius 3 is 2.10 bits per heavy atom.